The van der Waals surface area contributed by atoms with Crippen molar-refractivity contribution in [3.05, 3.63) is 4.60 Å². The quantitative estimate of drug-likeness (QED) is 0.831. The van der Waals surface area contributed by atoms with Gasteiger partial charge in [0.25, 0.3) is 10.0 Å². The molecule has 2 heterocycles. The molecule has 0 radical (unpaired) electrons. The third-order valence-corrected chi connectivity index (χ3v) is 6.29. The van der Waals surface area contributed by atoms with Gasteiger partial charge in [0.1, 0.15) is 0 Å². The maximum atomic E-state index is 12.9. The number of halogens is 1. The van der Waals surface area contributed by atoms with Crippen molar-refractivity contribution in [2.24, 2.45) is 7.05 Å². The normalized spacial score (nSPS) is 17.8. The molecule has 1 aromatic heterocycles. The third kappa shape index (κ3) is 3.05. The maximum absolute atomic E-state index is 12.9. The average molecular weight is 366 g/mol. The molecule has 0 bridgehead atoms. The second-order valence-electron chi connectivity index (χ2n) is 4.91. The molecule has 1 aliphatic rings. The Balaban J connectivity index is 2.36. The lowest BCUT2D eigenvalue weighted by atomic mass is 10.1. The van der Waals surface area contributed by atoms with Crippen LogP contribution in [0.5, 0.6) is 0 Å². The van der Waals surface area contributed by atoms with Crippen molar-refractivity contribution in [2.75, 3.05) is 19.6 Å². The van der Waals surface area contributed by atoms with Crippen LogP contribution in [0.15, 0.2) is 9.63 Å². The standard InChI is InChI=1S/C11H20BrN5O2S/c1-3-8-17(9-4-6-13-7-5-9)20(18,19)11-10(12)14-15-16(11)2/h9,13H,3-8H2,1-2H3. The van der Waals surface area contributed by atoms with Gasteiger partial charge in [0.2, 0.25) is 5.03 Å². The van der Waals surface area contributed by atoms with E-state index in [9.17, 15) is 8.42 Å². The summed E-state index contributed by atoms with van der Waals surface area (Å²) in [6.45, 7) is 4.21. The van der Waals surface area contributed by atoms with E-state index in [0.29, 0.717) is 6.54 Å². The van der Waals surface area contributed by atoms with Gasteiger partial charge in [0, 0.05) is 19.6 Å². The average Bonchev–Trinajstić information content (AvgIpc) is 2.77. The topological polar surface area (TPSA) is 80.1 Å². The van der Waals surface area contributed by atoms with Gasteiger partial charge in [0.05, 0.1) is 0 Å². The van der Waals surface area contributed by atoms with E-state index in [1.807, 2.05) is 6.92 Å². The molecule has 0 unspecified atom stereocenters. The van der Waals surface area contributed by atoms with Crippen LogP contribution in [0.2, 0.25) is 0 Å². The highest BCUT2D eigenvalue weighted by atomic mass is 79.9. The van der Waals surface area contributed by atoms with Crippen LogP contribution in [0.25, 0.3) is 0 Å². The summed E-state index contributed by atoms with van der Waals surface area (Å²) in [6, 6.07) is 0.0444. The van der Waals surface area contributed by atoms with Crippen molar-refractivity contribution in [3.63, 3.8) is 0 Å². The van der Waals surface area contributed by atoms with E-state index in [-0.39, 0.29) is 15.7 Å². The largest absolute Gasteiger partial charge is 0.317 e. The molecule has 2 rings (SSSR count). The number of hydrogen-bond acceptors (Lipinski definition) is 5. The van der Waals surface area contributed by atoms with Crippen LogP contribution in [0.1, 0.15) is 26.2 Å². The Morgan fingerprint density at radius 3 is 2.60 bits per heavy atom. The minimum atomic E-state index is -3.58. The Morgan fingerprint density at radius 1 is 1.45 bits per heavy atom. The Hall–Kier alpha value is -0.510. The highest BCUT2D eigenvalue weighted by Crippen LogP contribution is 2.26. The van der Waals surface area contributed by atoms with Crippen LogP contribution in [0.3, 0.4) is 0 Å². The van der Waals surface area contributed by atoms with Gasteiger partial charge < -0.3 is 5.32 Å². The van der Waals surface area contributed by atoms with Gasteiger partial charge in [-0.15, -0.1) is 5.10 Å². The van der Waals surface area contributed by atoms with Crippen LogP contribution in [-0.2, 0) is 17.1 Å². The first kappa shape index (κ1) is 15.9. The monoisotopic (exact) mass is 365 g/mol. The molecule has 0 aromatic carbocycles. The van der Waals surface area contributed by atoms with Gasteiger partial charge in [-0.3, -0.25) is 0 Å². The van der Waals surface area contributed by atoms with Crippen molar-refractivity contribution in [3.8, 4) is 0 Å². The zero-order valence-corrected chi connectivity index (χ0v) is 14.1. The number of hydrogen-bond donors (Lipinski definition) is 1. The van der Waals surface area contributed by atoms with Gasteiger partial charge >= 0.3 is 0 Å². The summed E-state index contributed by atoms with van der Waals surface area (Å²) in [5.41, 5.74) is 0. The Morgan fingerprint density at radius 2 is 2.10 bits per heavy atom. The van der Waals surface area contributed by atoms with E-state index < -0.39 is 10.0 Å². The van der Waals surface area contributed by atoms with E-state index in [2.05, 4.69) is 31.6 Å². The van der Waals surface area contributed by atoms with Gasteiger partial charge in [-0.05, 0) is 48.3 Å². The molecule has 9 heteroatoms. The fourth-order valence-corrected chi connectivity index (χ4v) is 5.34. The third-order valence-electron chi connectivity index (χ3n) is 3.45. The lowest BCUT2D eigenvalue weighted by Gasteiger charge is -2.33. The van der Waals surface area contributed by atoms with Crippen LogP contribution >= 0.6 is 15.9 Å². The summed E-state index contributed by atoms with van der Waals surface area (Å²) in [6.07, 6.45) is 2.45. The predicted molar refractivity (Wildman–Crippen MR) is 78.8 cm³/mol. The van der Waals surface area contributed by atoms with E-state index in [1.54, 1.807) is 11.4 Å². The van der Waals surface area contributed by atoms with Crippen LogP contribution in [0.4, 0.5) is 0 Å². The van der Waals surface area contributed by atoms with E-state index >= 15 is 0 Å². The molecule has 1 N–H and O–H groups in total. The van der Waals surface area contributed by atoms with Gasteiger partial charge in [-0.1, -0.05) is 12.1 Å². The number of sulfonamides is 1. The van der Waals surface area contributed by atoms with E-state index in [4.69, 9.17) is 0 Å². The predicted octanol–water partition coefficient (Wildman–Crippen LogP) is 0.730. The number of aromatic nitrogens is 3. The fourth-order valence-electron chi connectivity index (χ4n) is 2.52. The molecule has 1 aliphatic heterocycles. The molecule has 114 valence electrons. The number of nitrogens with one attached hydrogen (secondary N) is 1. The number of aryl methyl sites for hydroxylation is 1. The van der Waals surface area contributed by atoms with Crippen LogP contribution in [0, 0.1) is 0 Å². The molecule has 0 saturated carbocycles. The summed E-state index contributed by atoms with van der Waals surface area (Å²) in [5, 5.41) is 10.9. The van der Waals surface area contributed by atoms with Crippen molar-refractivity contribution in [1.29, 1.82) is 0 Å². The number of piperidine rings is 1. The summed E-state index contributed by atoms with van der Waals surface area (Å²) >= 11 is 3.18. The SMILES string of the molecule is CCCN(C1CCNCC1)S(=O)(=O)c1c(Br)nnn1C. The molecular formula is C11H20BrN5O2S. The molecule has 1 aromatic rings. The van der Waals surface area contributed by atoms with Gasteiger partial charge in [0.15, 0.2) is 4.60 Å². The Labute approximate surface area is 127 Å². The minimum Gasteiger partial charge on any atom is -0.317 e. The molecule has 0 aliphatic carbocycles. The van der Waals surface area contributed by atoms with Crippen molar-refractivity contribution in [2.45, 2.75) is 37.3 Å². The fraction of sp³-hybridized carbons (Fsp3) is 0.818. The Bertz CT molecular complexity index is 534. The first-order valence-electron chi connectivity index (χ1n) is 6.76. The highest BCUT2D eigenvalue weighted by molar-refractivity contribution is 9.10. The van der Waals surface area contributed by atoms with Gasteiger partial charge in [-0.2, -0.15) is 4.31 Å². The smallest absolute Gasteiger partial charge is 0.263 e. The first-order valence-corrected chi connectivity index (χ1v) is 8.99. The number of rotatable bonds is 5. The molecule has 0 atom stereocenters. The first-order chi connectivity index (χ1) is 9.48. The van der Waals surface area contributed by atoms with E-state index in [1.165, 1.54) is 4.68 Å². The zero-order valence-electron chi connectivity index (χ0n) is 11.7. The van der Waals surface area contributed by atoms with Crippen LogP contribution < -0.4 is 5.32 Å². The molecule has 0 amide bonds. The maximum Gasteiger partial charge on any atom is 0.263 e. The second-order valence-corrected chi connectivity index (χ2v) is 7.46. The summed E-state index contributed by atoms with van der Waals surface area (Å²) in [7, 11) is -1.99. The molecule has 7 nitrogen and oxygen atoms in total. The molecule has 0 spiro atoms. The van der Waals surface area contributed by atoms with Gasteiger partial charge in [-0.25, -0.2) is 13.1 Å². The second kappa shape index (κ2) is 6.50. The minimum absolute atomic E-state index is 0.0444. The van der Waals surface area contributed by atoms with Crippen molar-refractivity contribution < 1.29 is 8.42 Å². The van der Waals surface area contributed by atoms with Crippen molar-refractivity contribution >= 4 is 26.0 Å². The summed E-state index contributed by atoms with van der Waals surface area (Å²) in [5.74, 6) is 0. The van der Waals surface area contributed by atoms with Crippen molar-refractivity contribution in [1.82, 2.24) is 24.6 Å². The lowest BCUT2D eigenvalue weighted by molar-refractivity contribution is 0.260. The molecular weight excluding hydrogens is 346 g/mol. The summed E-state index contributed by atoms with van der Waals surface area (Å²) < 4.78 is 29.0. The van der Waals surface area contributed by atoms with Crippen LogP contribution in [-0.4, -0.2) is 53.4 Å². The molecule has 1 fully saturated rings. The summed E-state index contributed by atoms with van der Waals surface area (Å²) in [4.78, 5) is 0. The lowest BCUT2D eigenvalue weighted by Crippen LogP contribution is -2.46. The Kier molecular flexibility index (Phi) is 5.16. The highest BCUT2D eigenvalue weighted by Gasteiger charge is 2.35. The number of nitrogens with zero attached hydrogens (tertiary/aromatic N) is 4. The molecule has 20 heavy (non-hydrogen) atoms. The molecule has 1 saturated heterocycles. The zero-order chi connectivity index (χ0) is 14.8. The van der Waals surface area contributed by atoms with E-state index in [0.717, 1.165) is 32.4 Å².